The Balaban J connectivity index is 2.83. The van der Waals surface area contributed by atoms with Crippen molar-refractivity contribution < 1.29 is 14.8 Å². The second kappa shape index (κ2) is 5.40. The molecule has 7 nitrogen and oxygen atoms in total. The van der Waals surface area contributed by atoms with Crippen LogP contribution in [-0.4, -0.2) is 34.1 Å². The molecule has 0 aliphatic carbocycles. The molecule has 0 aromatic carbocycles. The minimum absolute atomic E-state index is 0.0820. The highest BCUT2D eigenvalue weighted by atomic mass is 32.1. The van der Waals surface area contributed by atoms with Crippen molar-refractivity contribution in [2.75, 3.05) is 18.0 Å². The molecule has 8 heteroatoms. The second-order valence-electron chi connectivity index (χ2n) is 3.05. The van der Waals surface area contributed by atoms with Crippen LogP contribution >= 0.6 is 11.3 Å². The van der Waals surface area contributed by atoms with E-state index in [0.29, 0.717) is 11.7 Å². The monoisotopic (exact) mass is 245 g/mol. The van der Waals surface area contributed by atoms with Crippen molar-refractivity contribution in [3.05, 3.63) is 16.3 Å². The maximum absolute atomic E-state index is 10.6. The number of thiazole rings is 1. The van der Waals surface area contributed by atoms with Crippen LogP contribution in [0.25, 0.3) is 0 Å². The van der Waals surface area contributed by atoms with Gasteiger partial charge in [0.25, 0.3) is 0 Å². The van der Waals surface area contributed by atoms with Crippen LogP contribution in [0, 0.1) is 10.1 Å². The van der Waals surface area contributed by atoms with E-state index in [9.17, 15) is 14.9 Å². The van der Waals surface area contributed by atoms with Gasteiger partial charge in [-0.3, -0.25) is 14.9 Å². The molecule has 0 fully saturated rings. The molecule has 1 heterocycles. The predicted octanol–water partition coefficient (Wildman–Crippen LogP) is 1.35. The van der Waals surface area contributed by atoms with E-state index in [1.165, 1.54) is 4.90 Å². The topological polar surface area (TPSA) is 96.6 Å². The molecule has 88 valence electrons. The Bertz CT molecular complexity index is 392. The highest BCUT2D eigenvalue weighted by Gasteiger charge is 2.17. The van der Waals surface area contributed by atoms with Gasteiger partial charge in [0.1, 0.15) is 12.7 Å². The van der Waals surface area contributed by atoms with E-state index in [4.69, 9.17) is 5.11 Å². The predicted molar refractivity (Wildman–Crippen MR) is 58.9 cm³/mol. The molecule has 0 radical (unpaired) electrons. The van der Waals surface area contributed by atoms with E-state index < -0.39 is 10.9 Å². The van der Waals surface area contributed by atoms with Gasteiger partial charge < -0.3 is 10.0 Å². The summed E-state index contributed by atoms with van der Waals surface area (Å²) < 4.78 is 0. The van der Waals surface area contributed by atoms with Gasteiger partial charge in [0.2, 0.25) is 0 Å². The molecule has 1 rings (SSSR count). The summed E-state index contributed by atoms with van der Waals surface area (Å²) >= 11 is 0.883. The summed E-state index contributed by atoms with van der Waals surface area (Å²) in [5.74, 6) is -0.980. The Morgan fingerprint density at radius 3 is 2.88 bits per heavy atom. The van der Waals surface area contributed by atoms with Gasteiger partial charge in [0, 0.05) is 6.54 Å². The number of nitrogens with zero attached hydrogens (tertiary/aromatic N) is 3. The summed E-state index contributed by atoms with van der Waals surface area (Å²) in [4.78, 5) is 25.9. The molecule has 1 N–H and O–H groups in total. The Morgan fingerprint density at radius 1 is 1.75 bits per heavy atom. The van der Waals surface area contributed by atoms with Crippen molar-refractivity contribution >= 4 is 27.4 Å². The van der Waals surface area contributed by atoms with Gasteiger partial charge in [-0.15, -0.1) is 0 Å². The summed E-state index contributed by atoms with van der Waals surface area (Å²) in [5, 5.41) is 19.4. The highest BCUT2D eigenvalue weighted by molar-refractivity contribution is 7.18. The molecule has 1 aromatic heterocycles. The smallest absolute Gasteiger partial charge is 0.345 e. The van der Waals surface area contributed by atoms with Crippen molar-refractivity contribution in [2.45, 2.75) is 13.3 Å². The molecule has 1 aromatic rings. The van der Waals surface area contributed by atoms with Crippen LogP contribution in [0.2, 0.25) is 0 Å². The molecule has 0 saturated carbocycles. The van der Waals surface area contributed by atoms with Gasteiger partial charge in [-0.25, -0.2) is 4.98 Å². The van der Waals surface area contributed by atoms with Crippen molar-refractivity contribution in [3.63, 3.8) is 0 Å². The number of aromatic nitrogens is 1. The molecule has 0 amide bonds. The quantitative estimate of drug-likeness (QED) is 0.600. The SMILES string of the molecule is CCCN(CC(=O)O)c1ncc([N+](=O)[O-])s1. The number of carbonyl (C=O) groups is 1. The summed E-state index contributed by atoms with van der Waals surface area (Å²) in [6.07, 6.45) is 1.89. The van der Waals surface area contributed by atoms with Gasteiger partial charge in [0.15, 0.2) is 5.13 Å². The lowest BCUT2D eigenvalue weighted by Gasteiger charge is -2.17. The molecular formula is C8H11N3O4S. The zero-order chi connectivity index (χ0) is 12.1. The van der Waals surface area contributed by atoms with Crippen molar-refractivity contribution in [2.24, 2.45) is 0 Å². The van der Waals surface area contributed by atoms with E-state index in [1.54, 1.807) is 0 Å². The first kappa shape index (κ1) is 12.4. The molecule has 16 heavy (non-hydrogen) atoms. The fourth-order valence-corrected chi connectivity index (χ4v) is 1.92. The molecule has 0 atom stereocenters. The van der Waals surface area contributed by atoms with Crippen LogP contribution in [0.1, 0.15) is 13.3 Å². The summed E-state index contributed by atoms with van der Waals surface area (Å²) in [6.45, 7) is 2.21. The van der Waals surface area contributed by atoms with E-state index in [1.807, 2.05) is 6.92 Å². The Kier molecular flexibility index (Phi) is 4.18. The minimum Gasteiger partial charge on any atom is -0.480 e. The molecule has 0 bridgehead atoms. The molecule has 0 saturated heterocycles. The highest BCUT2D eigenvalue weighted by Crippen LogP contribution is 2.28. The minimum atomic E-state index is -0.980. The fourth-order valence-electron chi connectivity index (χ4n) is 1.16. The molecule has 0 aliphatic rings. The lowest BCUT2D eigenvalue weighted by atomic mass is 10.4. The van der Waals surface area contributed by atoms with Crippen LogP contribution in [0.5, 0.6) is 0 Å². The van der Waals surface area contributed by atoms with E-state index in [0.717, 1.165) is 24.0 Å². The molecule has 0 aliphatic heterocycles. The standard InChI is InChI=1S/C8H11N3O4S/c1-2-3-10(5-7(12)13)8-9-4-6(16-8)11(14)15/h4H,2-3,5H2,1H3,(H,12,13). The number of anilines is 1. The van der Waals surface area contributed by atoms with Crippen LogP contribution in [0.4, 0.5) is 10.1 Å². The third kappa shape index (κ3) is 3.16. The summed E-state index contributed by atoms with van der Waals surface area (Å²) in [7, 11) is 0. The van der Waals surface area contributed by atoms with Gasteiger partial charge in [-0.1, -0.05) is 6.92 Å². The fraction of sp³-hybridized carbons (Fsp3) is 0.500. The Labute approximate surface area is 95.5 Å². The average Bonchev–Trinajstić information content (AvgIpc) is 2.65. The summed E-state index contributed by atoms with van der Waals surface area (Å²) in [6, 6.07) is 0. The van der Waals surface area contributed by atoms with Crippen LogP contribution in [0.3, 0.4) is 0 Å². The number of carboxylic acids is 1. The van der Waals surface area contributed by atoms with Crippen LogP contribution in [-0.2, 0) is 4.79 Å². The Morgan fingerprint density at radius 2 is 2.44 bits per heavy atom. The number of carboxylic acid groups (broad SMARTS) is 1. The number of rotatable bonds is 6. The average molecular weight is 245 g/mol. The Hall–Kier alpha value is -1.70. The van der Waals surface area contributed by atoms with Crippen molar-refractivity contribution in [1.82, 2.24) is 4.98 Å². The van der Waals surface area contributed by atoms with Crippen molar-refractivity contribution in [1.29, 1.82) is 0 Å². The lowest BCUT2D eigenvalue weighted by molar-refractivity contribution is -0.380. The van der Waals surface area contributed by atoms with Gasteiger partial charge in [0.05, 0.1) is 4.92 Å². The van der Waals surface area contributed by atoms with Crippen molar-refractivity contribution in [3.8, 4) is 0 Å². The van der Waals surface area contributed by atoms with E-state index >= 15 is 0 Å². The van der Waals surface area contributed by atoms with Crippen LogP contribution in [0.15, 0.2) is 6.20 Å². The van der Waals surface area contributed by atoms with Gasteiger partial charge >= 0.3 is 11.0 Å². The summed E-state index contributed by atoms with van der Waals surface area (Å²) in [5.41, 5.74) is 0. The largest absolute Gasteiger partial charge is 0.480 e. The second-order valence-corrected chi connectivity index (χ2v) is 4.04. The number of nitro groups is 1. The zero-order valence-electron chi connectivity index (χ0n) is 8.62. The van der Waals surface area contributed by atoms with E-state index in [2.05, 4.69) is 4.98 Å². The first-order valence-corrected chi connectivity index (χ1v) is 5.43. The zero-order valence-corrected chi connectivity index (χ0v) is 9.44. The van der Waals surface area contributed by atoms with Crippen LogP contribution < -0.4 is 4.90 Å². The first-order valence-electron chi connectivity index (χ1n) is 4.61. The number of hydrogen-bond donors (Lipinski definition) is 1. The molecule has 0 unspecified atom stereocenters. The third-order valence-corrected chi connectivity index (χ3v) is 2.76. The number of hydrogen-bond acceptors (Lipinski definition) is 6. The van der Waals surface area contributed by atoms with Gasteiger partial charge in [-0.05, 0) is 17.8 Å². The maximum atomic E-state index is 10.6. The van der Waals surface area contributed by atoms with Gasteiger partial charge in [-0.2, -0.15) is 0 Å². The lowest BCUT2D eigenvalue weighted by Crippen LogP contribution is -2.30. The maximum Gasteiger partial charge on any atom is 0.345 e. The normalized spacial score (nSPS) is 10.1. The first-order chi connectivity index (χ1) is 7.54. The molecular weight excluding hydrogens is 234 g/mol. The third-order valence-electron chi connectivity index (χ3n) is 1.75. The number of aliphatic carboxylic acids is 1. The molecule has 0 spiro atoms. The van der Waals surface area contributed by atoms with E-state index in [-0.39, 0.29) is 11.5 Å².